The van der Waals surface area contributed by atoms with Gasteiger partial charge in [-0.2, -0.15) is 0 Å². The Hall–Kier alpha value is -5.88. The van der Waals surface area contributed by atoms with E-state index < -0.39 is 5.97 Å². The number of carbonyl (C=O) groups is 2. The highest BCUT2D eigenvalue weighted by Crippen LogP contribution is 2.46. The van der Waals surface area contributed by atoms with E-state index in [9.17, 15) is 4.79 Å². The van der Waals surface area contributed by atoms with Gasteiger partial charge in [0, 0.05) is 70.6 Å². The van der Waals surface area contributed by atoms with Crippen molar-refractivity contribution in [3.05, 3.63) is 134 Å². The van der Waals surface area contributed by atoms with Crippen molar-refractivity contribution in [2.24, 2.45) is 0 Å². The predicted molar refractivity (Wildman–Crippen MR) is 245 cm³/mol. The Bertz CT molecular complexity index is 2810. The number of rotatable bonds is 14. The number of fused-ring (bicyclic) bond motifs is 4. The second kappa shape index (κ2) is 17.8. The molecule has 0 bridgehead atoms. The molecule has 11 nitrogen and oxygen atoms in total. The van der Waals surface area contributed by atoms with Gasteiger partial charge in [0.05, 0.1) is 42.1 Å². The van der Waals surface area contributed by atoms with Crippen LogP contribution in [0.3, 0.4) is 0 Å². The zero-order chi connectivity index (χ0) is 43.8. The van der Waals surface area contributed by atoms with E-state index in [2.05, 4.69) is 21.5 Å². The van der Waals surface area contributed by atoms with Gasteiger partial charge in [0.2, 0.25) is 0 Å². The van der Waals surface area contributed by atoms with Gasteiger partial charge in [-0.15, -0.1) is 0 Å². The van der Waals surface area contributed by atoms with Crippen LogP contribution in [0.4, 0.5) is 5.69 Å². The minimum atomic E-state index is -0.498. The van der Waals surface area contributed by atoms with Crippen LogP contribution in [0.15, 0.2) is 79.1 Å². The minimum absolute atomic E-state index is 0.195. The quantitative estimate of drug-likeness (QED) is 0.0785. The molecule has 320 valence electrons. The van der Waals surface area contributed by atoms with Crippen molar-refractivity contribution >= 4 is 62.6 Å². The van der Waals surface area contributed by atoms with Gasteiger partial charge in [0.15, 0.2) is 0 Å². The highest BCUT2D eigenvalue weighted by atomic mass is 35.5. The zero-order valence-corrected chi connectivity index (χ0v) is 37.5. The number of ether oxygens (including phenoxy) is 4. The molecule has 13 heteroatoms. The lowest BCUT2D eigenvalue weighted by atomic mass is 9.97. The number of benzene rings is 4. The molecule has 3 aromatic heterocycles. The van der Waals surface area contributed by atoms with Gasteiger partial charge in [-0.05, 0) is 100 Å². The molecule has 62 heavy (non-hydrogen) atoms. The molecule has 0 aliphatic carbocycles. The van der Waals surface area contributed by atoms with Crippen LogP contribution < -0.4 is 14.4 Å². The van der Waals surface area contributed by atoms with E-state index in [0.717, 1.165) is 71.8 Å². The third kappa shape index (κ3) is 7.89. The monoisotopic (exact) mass is 873 g/mol. The fourth-order valence-electron chi connectivity index (χ4n) is 8.84. The Morgan fingerprint density at radius 3 is 2.24 bits per heavy atom. The number of aromatic nitrogens is 4. The first kappa shape index (κ1) is 42.8. The van der Waals surface area contributed by atoms with Crippen molar-refractivity contribution in [3.8, 4) is 22.6 Å². The van der Waals surface area contributed by atoms with E-state index in [1.807, 2.05) is 104 Å². The lowest BCUT2D eigenvalue weighted by Gasteiger charge is -2.35. The Balaban J connectivity index is 1.30. The molecule has 1 aliphatic rings. The van der Waals surface area contributed by atoms with E-state index in [1.165, 1.54) is 7.11 Å². The molecule has 1 aliphatic heterocycles. The van der Waals surface area contributed by atoms with Crippen LogP contribution in [-0.4, -0.2) is 65.0 Å². The highest BCUT2D eigenvalue weighted by molar-refractivity contribution is 6.35. The average Bonchev–Trinajstić information content (AvgIpc) is 3.80. The minimum Gasteiger partial charge on any atom is -0.494 e. The van der Waals surface area contributed by atoms with Gasteiger partial charge in [0.1, 0.15) is 35.8 Å². The van der Waals surface area contributed by atoms with Crippen LogP contribution in [0.1, 0.15) is 74.0 Å². The number of nitrogens with zero attached hydrogens (tertiary/aromatic N) is 5. The summed E-state index contributed by atoms with van der Waals surface area (Å²) in [6.07, 6.45) is 2.71. The first-order valence-electron chi connectivity index (χ1n) is 20.7. The summed E-state index contributed by atoms with van der Waals surface area (Å²) in [5, 5.41) is 2.91. The molecule has 4 heterocycles. The highest BCUT2D eigenvalue weighted by Gasteiger charge is 2.38. The van der Waals surface area contributed by atoms with E-state index in [1.54, 1.807) is 19.5 Å². The molecule has 0 saturated carbocycles. The summed E-state index contributed by atoms with van der Waals surface area (Å²) >= 11 is 13.6. The second-order valence-electron chi connectivity index (χ2n) is 15.8. The number of amides is 1. The summed E-state index contributed by atoms with van der Waals surface area (Å²) in [5.74, 6) is 0.605. The van der Waals surface area contributed by atoms with Crippen LogP contribution in [0.2, 0.25) is 10.0 Å². The van der Waals surface area contributed by atoms with Gasteiger partial charge in [0.25, 0.3) is 5.91 Å². The van der Waals surface area contributed by atoms with Crippen LogP contribution in [0.25, 0.3) is 32.9 Å². The van der Waals surface area contributed by atoms with E-state index in [4.69, 9.17) is 42.1 Å². The van der Waals surface area contributed by atoms with Gasteiger partial charge in [-0.3, -0.25) is 4.79 Å². The lowest BCUT2D eigenvalue weighted by molar-refractivity contribution is 0.0586. The van der Waals surface area contributed by atoms with Gasteiger partial charge >= 0.3 is 5.97 Å². The number of aryl methyl sites for hydroxylation is 5. The Labute approximate surface area is 371 Å². The van der Waals surface area contributed by atoms with Gasteiger partial charge < -0.3 is 33.0 Å². The molecule has 0 unspecified atom stereocenters. The molecule has 0 saturated heterocycles. The van der Waals surface area contributed by atoms with E-state index >= 15 is 4.79 Å². The van der Waals surface area contributed by atoms with Crippen molar-refractivity contribution < 1.29 is 28.5 Å². The number of carbonyl (C=O) groups excluding carboxylic acids is 2. The fourth-order valence-corrected chi connectivity index (χ4v) is 9.20. The van der Waals surface area contributed by atoms with Crippen LogP contribution >= 0.6 is 23.2 Å². The van der Waals surface area contributed by atoms with Crippen LogP contribution in [0, 0.1) is 27.7 Å². The molecule has 0 spiro atoms. The van der Waals surface area contributed by atoms with Crippen molar-refractivity contribution in [2.45, 2.75) is 66.7 Å². The standard InChI is InChI=1S/C49H49Cl2N5O6/c1-28-20-35(21-29(2)44(28)51)61-18-11-14-37-38-15-16-39(50)43(42-31(4)52-27-53-32(42)5)46(38)56-30(3)25-55(48(57)47(37)56)40-24-36(62-26-33-12-9-8-10-13-33)22-34-23-41(49(58)60-7)54(45(34)40)17-19-59-6/h8-10,12-13,15-16,20-24,27,30H,11,14,17-19,25-26H2,1-7H3/t30-/m1/s1. The van der Waals surface area contributed by atoms with Gasteiger partial charge in [-0.1, -0.05) is 59.6 Å². The third-order valence-electron chi connectivity index (χ3n) is 11.7. The molecule has 0 N–H and O–H groups in total. The first-order chi connectivity index (χ1) is 29.9. The summed E-state index contributed by atoms with van der Waals surface area (Å²) in [6, 6.07) is 23.1. The maximum Gasteiger partial charge on any atom is 0.354 e. The number of esters is 1. The number of halogens is 2. The summed E-state index contributed by atoms with van der Waals surface area (Å²) in [7, 11) is 2.98. The fraction of sp³-hybridized carbons (Fsp3) is 0.306. The first-order valence-corrected chi connectivity index (χ1v) is 21.4. The zero-order valence-electron chi connectivity index (χ0n) is 36.0. The maximum absolute atomic E-state index is 15.7. The van der Waals surface area contributed by atoms with Crippen LogP contribution in [-0.2, 0) is 29.0 Å². The summed E-state index contributed by atoms with van der Waals surface area (Å²) < 4.78 is 27.5. The van der Waals surface area contributed by atoms with Crippen molar-refractivity contribution in [3.63, 3.8) is 0 Å². The Morgan fingerprint density at radius 2 is 1.55 bits per heavy atom. The molecule has 7 aromatic rings. The molecule has 0 radical (unpaired) electrons. The topological polar surface area (TPSA) is 110 Å². The van der Waals surface area contributed by atoms with Gasteiger partial charge in [-0.25, -0.2) is 14.8 Å². The summed E-state index contributed by atoms with van der Waals surface area (Å²) in [5.41, 5.74) is 10.0. The number of methoxy groups -OCH3 is 2. The molecular weight excluding hydrogens is 825 g/mol. The number of hydrogen-bond acceptors (Lipinski definition) is 8. The largest absolute Gasteiger partial charge is 0.494 e. The SMILES string of the molecule is COCCn1c(C(=O)OC)cc2cc(OCc3ccccc3)cc(N3C[C@@H](C)n4c(c(CCCOc5cc(C)c(Cl)c(C)c5)c5ccc(Cl)c(-c6c(C)ncnc6C)c54)C3=O)c21. The third-order valence-corrected chi connectivity index (χ3v) is 12.6. The maximum atomic E-state index is 15.7. The van der Waals surface area contributed by atoms with Crippen molar-refractivity contribution in [1.29, 1.82) is 0 Å². The smallest absolute Gasteiger partial charge is 0.354 e. The number of anilines is 1. The molecular formula is C49H49Cl2N5O6. The Kier molecular flexibility index (Phi) is 12.3. The molecule has 8 rings (SSSR count). The van der Waals surface area contributed by atoms with Crippen molar-refractivity contribution in [1.82, 2.24) is 19.1 Å². The van der Waals surface area contributed by atoms with Crippen molar-refractivity contribution in [2.75, 3.05) is 38.9 Å². The molecule has 0 fully saturated rings. The average molecular weight is 875 g/mol. The molecule has 4 aromatic carbocycles. The van der Waals surface area contributed by atoms with Crippen LogP contribution in [0.5, 0.6) is 11.5 Å². The van der Waals surface area contributed by atoms with E-state index in [0.29, 0.717) is 79.1 Å². The summed E-state index contributed by atoms with van der Waals surface area (Å²) in [6.45, 7) is 11.7. The summed E-state index contributed by atoms with van der Waals surface area (Å²) in [4.78, 5) is 40.0. The molecule has 1 atom stereocenters. The lowest BCUT2D eigenvalue weighted by Crippen LogP contribution is -2.43. The normalized spacial score (nSPS) is 13.9. The second-order valence-corrected chi connectivity index (χ2v) is 16.6. The predicted octanol–water partition coefficient (Wildman–Crippen LogP) is 10.8. The Morgan fingerprint density at radius 1 is 0.839 bits per heavy atom. The number of hydrogen-bond donors (Lipinski definition) is 0. The van der Waals surface area contributed by atoms with E-state index in [-0.39, 0.29) is 11.9 Å². The molecule has 1 amide bonds.